The summed E-state index contributed by atoms with van der Waals surface area (Å²) in [6.07, 6.45) is 0. The van der Waals surface area contributed by atoms with Crippen LogP contribution in [0.5, 0.6) is 11.5 Å². The smallest absolute Gasteiger partial charge is 0.160 e. The largest absolute Gasteiger partial charge is 0.508 e. The maximum atomic E-state index is 10.9. The van der Waals surface area contributed by atoms with Crippen LogP contribution in [0.15, 0.2) is 170 Å². The van der Waals surface area contributed by atoms with Gasteiger partial charge < -0.3 is 10.2 Å². The summed E-state index contributed by atoms with van der Waals surface area (Å²) in [7, 11) is 0. The van der Waals surface area contributed by atoms with E-state index in [1.54, 1.807) is 58.9 Å². The number of aromatic hydroxyl groups is 2. The van der Waals surface area contributed by atoms with Crippen molar-refractivity contribution in [3.63, 3.8) is 0 Å². The maximum absolute atomic E-state index is 10.9. The fourth-order valence-electron chi connectivity index (χ4n) is 5.77. The second-order valence-electron chi connectivity index (χ2n) is 16.2. The Balaban J connectivity index is 0.000000408. The van der Waals surface area contributed by atoms with Gasteiger partial charge in [0, 0.05) is 38.9 Å². The normalized spacial score (nSPS) is 9.37. The van der Waals surface area contributed by atoms with Gasteiger partial charge in [-0.05, 0) is 149 Å². The van der Waals surface area contributed by atoms with Gasteiger partial charge in [-0.15, -0.1) is 0 Å². The van der Waals surface area contributed by atoms with Crippen molar-refractivity contribution in [3.05, 3.63) is 237 Å². The summed E-state index contributed by atoms with van der Waals surface area (Å²) in [6.45, 7) is 20.8. The Hall–Kier alpha value is -8.17. The zero-order valence-corrected chi connectivity index (χ0v) is 42.4. The number of Topliss-reactive ketones (excluding diaryl/α,β-unsaturated/α-hetero) is 7. The Morgan fingerprint density at radius 1 is 0.271 bits per heavy atom. The molecule has 7 aromatic rings. The van der Waals surface area contributed by atoms with Crippen molar-refractivity contribution < 1.29 is 43.8 Å². The summed E-state index contributed by atoms with van der Waals surface area (Å²) >= 11 is 0. The molecule has 0 aliphatic rings. The fraction of sp³-hybridized carbons (Fsp3) is 0.197. The van der Waals surface area contributed by atoms with E-state index in [0.29, 0.717) is 11.1 Å². The lowest BCUT2D eigenvalue weighted by molar-refractivity contribution is 0.100. The van der Waals surface area contributed by atoms with Crippen LogP contribution in [-0.4, -0.2) is 50.7 Å². The lowest BCUT2D eigenvalue weighted by atomic mass is 10.1. The molecule has 0 aromatic heterocycles. The van der Waals surface area contributed by atoms with Crippen LogP contribution in [0.25, 0.3) is 0 Å². The highest BCUT2D eigenvalue weighted by molar-refractivity contribution is 5.97. The van der Waals surface area contributed by atoms with Gasteiger partial charge in [-0.3, -0.25) is 33.6 Å². The van der Waals surface area contributed by atoms with E-state index < -0.39 is 0 Å². The predicted molar refractivity (Wildman–Crippen MR) is 282 cm³/mol. The lowest BCUT2D eigenvalue weighted by Gasteiger charge is -1.97. The van der Waals surface area contributed by atoms with Crippen molar-refractivity contribution >= 4 is 40.5 Å². The molecule has 0 amide bonds. The second kappa shape index (κ2) is 31.7. The van der Waals surface area contributed by atoms with E-state index in [4.69, 9.17) is 10.2 Å². The number of ketones is 7. The Morgan fingerprint density at radius 2 is 0.543 bits per heavy atom. The Morgan fingerprint density at radius 3 is 0.757 bits per heavy atom. The number of carbonyl (C=O) groups excluding carboxylic acids is 7. The number of carbonyl (C=O) groups is 7. The Bertz CT molecular complexity index is 2500. The standard InChI is InChI=1S/5C9H10O.2C8H8O2/c2*1-7-3-5-9(6-4-7)8(2)10;1-7-4-3-5-9(6-7)8(2)10;2*1-7-5-3-4-6-9(7)8(2)10;2*1-6(9)7-2-4-8(10)5-3-7/h5*3-6H,1-2H3;2*2-5,10H,1H3. The SMILES string of the molecule is CC(=O)c1ccc(C)cc1.CC(=O)c1ccc(C)cc1.CC(=O)c1ccc(O)cc1.CC(=O)c1ccc(O)cc1.CC(=O)c1cccc(C)c1.CC(=O)c1ccccc1C.CC(=O)c1ccccc1C. The summed E-state index contributed by atoms with van der Waals surface area (Å²) in [5.74, 6) is 1.05. The molecular weight excluding hydrogens is 877 g/mol. The van der Waals surface area contributed by atoms with Crippen LogP contribution in [0.4, 0.5) is 0 Å². The average molecular weight is 943 g/mol. The quantitative estimate of drug-likeness (QED) is 0.148. The molecule has 0 radical (unpaired) electrons. The maximum Gasteiger partial charge on any atom is 0.160 e. The van der Waals surface area contributed by atoms with Crippen molar-refractivity contribution in [2.45, 2.75) is 83.1 Å². The summed E-state index contributed by atoms with van der Waals surface area (Å²) < 4.78 is 0. The first-order chi connectivity index (χ1) is 32.9. The van der Waals surface area contributed by atoms with Gasteiger partial charge in [-0.2, -0.15) is 0 Å². The number of aryl methyl sites for hydroxylation is 5. The first kappa shape index (κ1) is 59.8. The van der Waals surface area contributed by atoms with E-state index in [2.05, 4.69) is 0 Å². The third-order valence-corrected chi connectivity index (χ3v) is 9.94. The molecule has 364 valence electrons. The number of phenols is 2. The summed E-state index contributed by atoms with van der Waals surface area (Å²) in [5.41, 5.74) is 10.9. The van der Waals surface area contributed by atoms with E-state index in [0.717, 1.165) is 44.5 Å². The minimum Gasteiger partial charge on any atom is -0.508 e. The van der Waals surface area contributed by atoms with Crippen LogP contribution in [0.2, 0.25) is 0 Å². The first-order valence-corrected chi connectivity index (χ1v) is 22.4. The summed E-state index contributed by atoms with van der Waals surface area (Å²) in [4.78, 5) is 75.4. The second-order valence-corrected chi connectivity index (χ2v) is 16.2. The molecule has 9 nitrogen and oxygen atoms in total. The van der Waals surface area contributed by atoms with Gasteiger partial charge in [0.2, 0.25) is 0 Å². The van der Waals surface area contributed by atoms with Crippen molar-refractivity contribution in [1.29, 1.82) is 0 Å². The van der Waals surface area contributed by atoms with Gasteiger partial charge in [-0.1, -0.05) is 132 Å². The number of rotatable bonds is 7. The number of hydrogen-bond donors (Lipinski definition) is 2. The van der Waals surface area contributed by atoms with E-state index >= 15 is 0 Å². The van der Waals surface area contributed by atoms with Crippen LogP contribution in [0.1, 0.15) is 149 Å². The van der Waals surface area contributed by atoms with E-state index in [1.807, 2.05) is 156 Å². The average Bonchev–Trinajstić information content (AvgIpc) is 3.31. The minimum atomic E-state index is 0.0139. The molecule has 0 spiro atoms. The monoisotopic (exact) mass is 942 g/mol. The highest BCUT2D eigenvalue weighted by atomic mass is 16.3. The van der Waals surface area contributed by atoms with Gasteiger partial charge in [-0.25, -0.2) is 0 Å². The lowest BCUT2D eigenvalue weighted by Crippen LogP contribution is -1.93. The molecule has 0 aliphatic heterocycles. The Labute approximate surface area is 413 Å². The van der Waals surface area contributed by atoms with E-state index in [-0.39, 0.29) is 52.0 Å². The van der Waals surface area contributed by atoms with Gasteiger partial charge >= 0.3 is 0 Å². The molecule has 0 fully saturated rings. The molecule has 0 heterocycles. The summed E-state index contributed by atoms with van der Waals surface area (Å²) in [5, 5.41) is 17.7. The molecule has 9 heteroatoms. The molecule has 0 bridgehead atoms. The van der Waals surface area contributed by atoms with Crippen LogP contribution in [0, 0.1) is 34.6 Å². The third-order valence-electron chi connectivity index (χ3n) is 9.94. The molecule has 2 N–H and O–H groups in total. The fourth-order valence-corrected chi connectivity index (χ4v) is 5.77. The van der Waals surface area contributed by atoms with Gasteiger partial charge in [0.05, 0.1) is 0 Å². The van der Waals surface area contributed by atoms with Crippen molar-refractivity contribution in [1.82, 2.24) is 0 Å². The van der Waals surface area contributed by atoms with E-state index in [9.17, 15) is 33.6 Å². The van der Waals surface area contributed by atoms with Crippen LogP contribution < -0.4 is 0 Å². The van der Waals surface area contributed by atoms with Crippen LogP contribution in [-0.2, 0) is 0 Å². The highest BCUT2D eigenvalue weighted by Crippen LogP contribution is 2.12. The molecular formula is C61H66O9. The van der Waals surface area contributed by atoms with Crippen molar-refractivity contribution in [3.8, 4) is 11.5 Å². The highest BCUT2D eigenvalue weighted by Gasteiger charge is 2.02. The molecule has 0 unspecified atom stereocenters. The molecule has 0 atom stereocenters. The molecule has 7 rings (SSSR count). The molecule has 0 saturated heterocycles. The van der Waals surface area contributed by atoms with Crippen molar-refractivity contribution in [2.75, 3.05) is 0 Å². The molecule has 70 heavy (non-hydrogen) atoms. The number of hydrogen-bond acceptors (Lipinski definition) is 9. The van der Waals surface area contributed by atoms with Crippen molar-refractivity contribution in [2.24, 2.45) is 0 Å². The van der Waals surface area contributed by atoms with Crippen LogP contribution >= 0.6 is 0 Å². The predicted octanol–water partition coefficient (Wildman–Crippen LogP) is 14.2. The van der Waals surface area contributed by atoms with Gasteiger partial charge in [0.15, 0.2) is 40.5 Å². The third kappa shape index (κ3) is 24.6. The zero-order chi connectivity index (χ0) is 52.9. The van der Waals surface area contributed by atoms with Crippen LogP contribution in [0.3, 0.4) is 0 Å². The topological polar surface area (TPSA) is 160 Å². The zero-order valence-electron chi connectivity index (χ0n) is 42.4. The molecule has 7 aromatic carbocycles. The number of benzene rings is 7. The minimum absolute atomic E-state index is 0.0139. The van der Waals surface area contributed by atoms with Gasteiger partial charge in [0.1, 0.15) is 11.5 Å². The first-order valence-electron chi connectivity index (χ1n) is 22.4. The van der Waals surface area contributed by atoms with E-state index in [1.165, 1.54) is 49.2 Å². The molecule has 0 aliphatic carbocycles. The number of phenolic OH excluding ortho intramolecular Hbond substituents is 2. The summed E-state index contributed by atoms with van der Waals surface area (Å²) in [6, 6.07) is 50.3. The molecule has 0 saturated carbocycles. The Kier molecular flexibility index (Phi) is 27.1. The van der Waals surface area contributed by atoms with Gasteiger partial charge in [0.25, 0.3) is 0 Å².